The Balaban J connectivity index is 1.38. The zero-order valence-corrected chi connectivity index (χ0v) is 19.1. The SMILES string of the molecule is C[C@@]12CCc3cc(O)ccc3[C@H]1CC[C@]1(C)C(O[C@@H]3O[C@H](C(=O)O)[C@@H](O)[C@H](O)[C@H]3O)CC[C@@H]21. The largest absolute Gasteiger partial charge is 0.508 e. The van der Waals surface area contributed by atoms with Gasteiger partial charge in [-0.05, 0) is 84.5 Å². The molecule has 0 spiro atoms. The molecule has 0 bridgehead atoms. The number of phenolic OH excluding ortho intramolecular Hbond substituents is 1. The second-order valence-electron chi connectivity index (χ2n) is 11.0. The van der Waals surface area contributed by atoms with Gasteiger partial charge in [-0.25, -0.2) is 4.79 Å². The van der Waals surface area contributed by atoms with Crippen LogP contribution >= 0.6 is 0 Å². The fraction of sp³-hybridized carbons (Fsp3) is 0.720. The summed E-state index contributed by atoms with van der Waals surface area (Å²) in [6.07, 6.45) is -2.57. The molecule has 1 unspecified atom stereocenters. The van der Waals surface area contributed by atoms with Crippen LogP contribution in [0.25, 0.3) is 0 Å². The molecular formula is C25H34O8. The van der Waals surface area contributed by atoms with Crippen molar-refractivity contribution in [1.82, 2.24) is 0 Å². The molecule has 8 nitrogen and oxygen atoms in total. The van der Waals surface area contributed by atoms with Crippen molar-refractivity contribution in [2.75, 3.05) is 0 Å². The monoisotopic (exact) mass is 462 g/mol. The Hall–Kier alpha value is -1.71. The Morgan fingerprint density at radius 1 is 1.03 bits per heavy atom. The molecule has 2 saturated carbocycles. The molecule has 3 fully saturated rings. The lowest BCUT2D eigenvalue weighted by atomic mass is 9.48. The van der Waals surface area contributed by atoms with Gasteiger partial charge in [0.1, 0.15) is 24.1 Å². The van der Waals surface area contributed by atoms with Crippen LogP contribution in [-0.4, -0.2) is 68.3 Å². The van der Waals surface area contributed by atoms with Crippen LogP contribution in [0.4, 0.5) is 0 Å². The summed E-state index contributed by atoms with van der Waals surface area (Å²) in [5.41, 5.74) is 2.46. The molecule has 1 heterocycles. The third-order valence-corrected chi connectivity index (χ3v) is 9.36. The number of phenols is 1. The molecule has 0 radical (unpaired) electrons. The quantitative estimate of drug-likeness (QED) is 0.460. The second-order valence-corrected chi connectivity index (χ2v) is 11.0. The topological polar surface area (TPSA) is 137 Å². The Morgan fingerprint density at radius 2 is 1.79 bits per heavy atom. The predicted molar refractivity (Wildman–Crippen MR) is 117 cm³/mol. The van der Waals surface area contributed by atoms with Crippen molar-refractivity contribution in [3.8, 4) is 5.75 Å². The van der Waals surface area contributed by atoms with Crippen LogP contribution in [0.3, 0.4) is 0 Å². The van der Waals surface area contributed by atoms with Gasteiger partial charge in [0.05, 0.1) is 6.10 Å². The van der Waals surface area contributed by atoms with E-state index in [9.17, 15) is 30.3 Å². The Bertz CT molecular complexity index is 935. The van der Waals surface area contributed by atoms with Crippen molar-refractivity contribution in [2.45, 2.75) is 95.1 Å². The first-order valence-electron chi connectivity index (χ1n) is 12.0. The zero-order valence-electron chi connectivity index (χ0n) is 19.1. The minimum absolute atomic E-state index is 0.0699. The highest BCUT2D eigenvalue weighted by atomic mass is 16.7. The van der Waals surface area contributed by atoms with Crippen LogP contribution in [0.5, 0.6) is 5.75 Å². The van der Waals surface area contributed by atoms with E-state index >= 15 is 0 Å². The number of aliphatic carboxylic acids is 1. The van der Waals surface area contributed by atoms with Crippen LogP contribution in [0.1, 0.15) is 63.0 Å². The maximum atomic E-state index is 11.5. The molecule has 1 saturated heterocycles. The molecule has 1 aromatic carbocycles. The van der Waals surface area contributed by atoms with Gasteiger partial charge in [0, 0.05) is 0 Å². The van der Waals surface area contributed by atoms with E-state index in [0.29, 0.717) is 17.6 Å². The maximum absolute atomic E-state index is 11.5. The lowest BCUT2D eigenvalue weighted by Crippen LogP contribution is -2.61. The van der Waals surface area contributed by atoms with E-state index in [1.165, 1.54) is 11.1 Å². The van der Waals surface area contributed by atoms with Crippen molar-refractivity contribution >= 4 is 5.97 Å². The number of aliphatic hydroxyl groups excluding tert-OH is 3. The molecule has 10 atom stereocenters. The molecule has 33 heavy (non-hydrogen) atoms. The van der Waals surface area contributed by atoms with E-state index in [1.807, 2.05) is 6.07 Å². The smallest absolute Gasteiger partial charge is 0.335 e. The van der Waals surface area contributed by atoms with Crippen LogP contribution in [0.2, 0.25) is 0 Å². The van der Waals surface area contributed by atoms with Gasteiger partial charge >= 0.3 is 5.97 Å². The predicted octanol–water partition coefficient (Wildman–Crippen LogP) is 1.92. The first-order chi connectivity index (χ1) is 15.6. The summed E-state index contributed by atoms with van der Waals surface area (Å²) < 4.78 is 11.6. The molecule has 1 aliphatic heterocycles. The van der Waals surface area contributed by atoms with Crippen molar-refractivity contribution in [1.29, 1.82) is 0 Å². The van der Waals surface area contributed by atoms with Crippen molar-refractivity contribution in [3.63, 3.8) is 0 Å². The van der Waals surface area contributed by atoms with Gasteiger partial charge in [-0.1, -0.05) is 19.9 Å². The number of benzene rings is 1. The number of aliphatic hydroxyl groups is 3. The normalized spacial score (nSPS) is 46.8. The third kappa shape index (κ3) is 3.41. The van der Waals surface area contributed by atoms with Crippen LogP contribution in [-0.2, 0) is 20.7 Å². The number of carboxylic acids is 1. The van der Waals surface area contributed by atoms with E-state index in [-0.39, 0.29) is 16.9 Å². The molecule has 0 aromatic heterocycles. The van der Waals surface area contributed by atoms with Crippen LogP contribution in [0, 0.1) is 16.7 Å². The van der Waals surface area contributed by atoms with E-state index in [1.54, 1.807) is 6.07 Å². The lowest BCUT2D eigenvalue weighted by Gasteiger charge is -2.57. The number of hydrogen-bond donors (Lipinski definition) is 5. The van der Waals surface area contributed by atoms with E-state index in [4.69, 9.17) is 9.47 Å². The van der Waals surface area contributed by atoms with Gasteiger partial charge in [0.2, 0.25) is 0 Å². The number of ether oxygens (including phenoxy) is 2. The number of aryl methyl sites for hydroxylation is 1. The first kappa shape index (κ1) is 23.1. The molecular weight excluding hydrogens is 428 g/mol. The summed E-state index contributed by atoms with van der Waals surface area (Å²) in [5.74, 6) is -0.311. The second kappa shape index (κ2) is 7.92. The van der Waals surface area contributed by atoms with E-state index in [0.717, 1.165) is 38.5 Å². The Labute approximate surface area is 193 Å². The Kier molecular flexibility index (Phi) is 5.53. The highest BCUT2D eigenvalue weighted by Gasteiger charge is 2.61. The number of fused-ring (bicyclic) bond motifs is 5. The summed E-state index contributed by atoms with van der Waals surface area (Å²) in [5, 5.41) is 49.8. The van der Waals surface area contributed by atoms with Crippen molar-refractivity contribution in [2.24, 2.45) is 16.7 Å². The highest BCUT2D eigenvalue weighted by Crippen LogP contribution is 2.67. The van der Waals surface area contributed by atoms with Gasteiger partial charge < -0.3 is 35.0 Å². The average molecular weight is 463 g/mol. The van der Waals surface area contributed by atoms with Gasteiger partial charge in [-0.2, -0.15) is 0 Å². The standard InChI is InChI=1S/C25H34O8/c1-24-9-7-12-11-13(26)3-4-14(12)15(24)8-10-25(2)16(24)5-6-17(25)32-23-20(29)18(27)19(28)21(33-23)22(30)31/h3-4,11,15-21,23,26-29H,5-10H2,1-2H3,(H,30,31)/t15-,16+,17?,18+,19+,20-,21+,23-,24-,25+/m1/s1. The number of carboxylic acid groups (broad SMARTS) is 1. The summed E-state index contributed by atoms with van der Waals surface area (Å²) in [6.45, 7) is 4.59. The number of carbonyl (C=O) groups is 1. The molecule has 4 aliphatic rings. The highest BCUT2D eigenvalue weighted by molar-refractivity contribution is 5.73. The first-order valence-corrected chi connectivity index (χ1v) is 12.0. The Morgan fingerprint density at radius 3 is 2.52 bits per heavy atom. The number of rotatable bonds is 3. The molecule has 5 rings (SSSR count). The summed E-state index contributed by atoms with van der Waals surface area (Å²) >= 11 is 0. The molecule has 8 heteroatoms. The molecule has 3 aliphatic carbocycles. The molecule has 182 valence electrons. The maximum Gasteiger partial charge on any atom is 0.335 e. The third-order valence-electron chi connectivity index (χ3n) is 9.36. The molecule has 5 N–H and O–H groups in total. The van der Waals surface area contributed by atoms with E-state index in [2.05, 4.69) is 19.9 Å². The number of hydrogen-bond acceptors (Lipinski definition) is 7. The fourth-order valence-electron chi connectivity index (χ4n) is 7.61. The lowest BCUT2D eigenvalue weighted by molar-refractivity contribution is -0.313. The molecule has 0 amide bonds. The summed E-state index contributed by atoms with van der Waals surface area (Å²) in [7, 11) is 0. The van der Waals surface area contributed by atoms with Gasteiger partial charge in [0.15, 0.2) is 12.4 Å². The number of aromatic hydroxyl groups is 1. The van der Waals surface area contributed by atoms with Crippen LogP contribution < -0.4 is 0 Å². The van der Waals surface area contributed by atoms with Crippen LogP contribution in [0.15, 0.2) is 18.2 Å². The minimum atomic E-state index is -1.72. The minimum Gasteiger partial charge on any atom is -0.508 e. The van der Waals surface area contributed by atoms with Gasteiger partial charge in [-0.3, -0.25) is 0 Å². The van der Waals surface area contributed by atoms with Gasteiger partial charge in [0.25, 0.3) is 0 Å². The molecule has 1 aromatic rings. The summed E-state index contributed by atoms with van der Waals surface area (Å²) in [6, 6.07) is 5.74. The van der Waals surface area contributed by atoms with Gasteiger partial charge in [-0.15, -0.1) is 0 Å². The fourth-order valence-corrected chi connectivity index (χ4v) is 7.61. The summed E-state index contributed by atoms with van der Waals surface area (Å²) in [4.78, 5) is 11.5. The average Bonchev–Trinajstić information content (AvgIpc) is 3.10. The zero-order chi connectivity index (χ0) is 23.7. The van der Waals surface area contributed by atoms with Crippen molar-refractivity contribution < 1.29 is 39.8 Å². The van der Waals surface area contributed by atoms with E-state index < -0.39 is 36.7 Å². The van der Waals surface area contributed by atoms with Crippen molar-refractivity contribution in [3.05, 3.63) is 29.3 Å².